The molecule has 2 aromatic carbocycles. The molecule has 1 amide bonds. The van der Waals surface area contributed by atoms with Crippen molar-refractivity contribution in [2.75, 3.05) is 7.11 Å². The van der Waals surface area contributed by atoms with Crippen LogP contribution in [-0.4, -0.2) is 43.9 Å². The number of nitro benzene ring substituents is 1. The first-order valence-electron chi connectivity index (χ1n) is 10.1. The van der Waals surface area contributed by atoms with Gasteiger partial charge in [0.05, 0.1) is 22.5 Å². The van der Waals surface area contributed by atoms with Crippen LogP contribution in [0.2, 0.25) is 0 Å². The number of nitrogens with one attached hydrogen (secondary N) is 2. The molecule has 0 aromatic heterocycles. The van der Waals surface area contributed by atoms with Crippen LogP contribution < -0.4 is 10.0 Å². The zero-order valence-corrected chi connectivity index (χ0v) is 19.0. The molecule has 0 radical (unpaired) electrons. The molecule has 10 nitrogen and oxygen atoms in total. The predicted molar refractivity (Wildman–Crippen MR) is 114 cm³/mol. The fourth-order valence-corrected chi connectivity index (χ4v) is 4.73. The molecule has 1 aliphatic rings. The number of nitrogens with zero attached hydrogens (tertiary/aromatic N) is 1. The van der Waals surface area contributed by atoms with E-state index in [0.29, 0.717) is 0 Å². The van der Waals surface area contributed by atoms with E-state index < -0.39 is 50.1 Å². The number of carbonyl (C=O) groups is 2. The highest BCUT2D eigenvalue weighted by atomic mass is 32.2. The zero-order chi connectivity index (χ0) is 26.0. The van der Waals surface area contributed by atoms with E-state index in [4.69, 9.17) is 0 Å². The third kappa shape index (κ3) is 6.14. The zero-order valence-electron chi connectivity index (χ0n) is 18.2. The Labute approximate surface area is 197 Å². The summed E-state index contributed by atoms with van der Waals surface area (Å²) in [6.45, 7) is 0. The third-order valence-corrected chi connectivity index (χ3v) is 6.91. The molecule has 0 heterocycles. The molecule has 2 aromatic rings. The Kier molecular flexibility index (Phi) is 7.17. The topological polar surface area (TPSA) is 145 Å². The molecule has 0 saturated heterocycles. The Balaban J connectivity index is 1.76. The van der Waals surface area contributed by atoms with Crippen molar-refractivity contribution in [1.29, 1.82) is 0 Å². The summed E-state index contributed by atoms with van der Waals surface area (Å²) in [7, 11) is -3.22. The molecule has 1 saturated carbocycles. The highest BCUT2D eigenvalue weighted by molar-refractivity contribution is 7.89. The number of ether oxygens (including phenoxy) is 1. The van der Waals surface area contributed by atoms with Crippen molar-refractivity contribution < 1.29 is 40.8 Å². The van der Waals surface area contributed by atoms with E-state index in [2.05, 4.69) is 14.8 Å². The number of halogens is 3. The number of alkyl halides is 3. The number of carbonyl (C=O) groups excluding carboxylic acids is 2. The van der Waals surface area contributed by atoms with Crippen LogP contribution in [0, 0.1) is 10.1 Å². The van der Waals surface area contributed by atoms with Crippen LogP contribution in [0.25, 0.3) is 0 Å². The minimum atomic E-state index is -4.60. The van der Waals surface area contributed by atoms with Crippen LogP contribution in [0.15, 0.2) is 53.4 Å². The first-order chi connectivity index (χ1) is 16.3. The van der Waals surface area contributed by atoms with Crippen molar-refractivity contribution in [3.63, 3.8) is 0 Å². The van der Waals surface area contributed by atoms with Gasteiger partial charge in [0.2, 0.25) is 15.9 Å². The largest absolute Gasteiger partial charge is 0.467 e. The molecule has 0 unspecified atom stereocenters. The summed E-state index contributed by atoms with van der Waals surface area (Å²) in [5.74, 6) is -1.78. The number of hydrogen-bond donors (Lipinski definition) is 2. The van der Waals surface area contributed by atoms with E-state index in [1.54, 1.807) is 0 Å². The molecule has 1 atom stereocenters. The molecule has 0 aliphatic heterocycles. The highest BCUT2D eigenvalue weighted by Gasteiger charge is 2.53. The first-order valence-corrected chi connectivity index (χ1v) is 11.6. The Morgan fingerprint density at radius 2 is 1.80 bits per heavy atom. The maximum absolute atomic E-state index is 13.0. The van der Waals surface area contributed by atoms with E-state index in [1.165, 1.54) is 6.07 Å². The van der Waals surface area contributed by atoms with Gasteiger partial charge in [0.1, 0.15) is 11.6 Å². The van der Waals surface area contributed by atoms with Gasteiger partial charge in [-0.3, -0.25) is 14.9 Å². The van der Waals surface area contributed by atoms with Crippen LogP contribution >= 0.6 is 0 Å². The molecule has 3 rings (SSSR count). The van der Waals surface area contributed by atoms with E-state index in [9.17, 15) is 41.3 Å². The van der Waals surface area contributed by atoms with Crippen LogP contribution in [0.4, 0.5) is 18.9 Å². The number of methoxy groups -OCH3 is 1. The normalized spacial score (nSPS) is 15.7. The summed E-state index contributed by atoms with van der Waals surface area (Å²) >= 11 is 0. The van der Waals surface area contributed by atoms with Gasteiger partial charge in [-0.25, -0.2) is 13.2 Å². The van der Waals surface area contributed by atoms with Crippen LogP contribution in [0.3, 0.4) is 0 Å². The van der Waals surface area contributed by atoms with E-state index in [0.717, 1.165) is 49.6 Å². The lowest BCUT2D eigenvalue weighted by Gasteiger charge is -2.22. The second kappa shape index (κ2) is 9.62. The lowest BCUT2D eigenvalue weighted by Crippen LogP contribution is -2.54. The minimum Gasteiger partial charge on any atom is -0.467 e. The Hall–Kier alpha value is -3.52. The summed E-state index contributed by atoms with van der Waals surface area (Å²) < 4.78 is 71.3. The van der Waals surface area contributed by atoms with Gasteiger partial charge in [0.15, 0.2) is 0 Å². The molecule has 14 heteroatoms. The van der Waals surface area contributed by atoms with Crippen molar-refractivity contribution >= 4 is 27.6 Å². The summed E-state index contributed by atoms with van der Waals surface area (Å²) in [6.07, 6.45) is -4.73. The quantitative estimate of drug-likeness (QED) is 0.296. The number of amides is 1. The SMILES string of the molecule is COC(=O)[C@H](Cc1cccc(C(F)(F)F)c1)NC(=O)C1(NS(=O)(=O)c2ccc([N+](=O)[O-])cc2)CC1. The van der Waals surface area contributed by atoms with Gasteiger partial charge in [0, 0.05) is 18.6 Å². The smallest absolute Gasteiger partial charge is 0.416 e. The van der Waals surface area contributed by atoms with Crippen molar-refractivity contribution in [3.8, 4) is 0 Å². The molecular formula is C21H20F3N3O7S. The van der Waals surface area contributed by atoms with Gasteiger partial charge in [-0.05, 0) is 36.6 Å². The van der Waals surface area contributed by atoms with E-state index in [-0.39, 0.29) is 35.4 Å². The summed E-state index contributed by atoms with van der Waals surface area (Å²) in [4.78, 5) is 34.9. The number of non-ortho nitro benzene ring substituents is 1. The van der Waals surface area contributed by atoms with E-state index in [1.807, 2.05) is 0 Å². The molecule has 35 heavy (non-hydrogen) atoms. The number of benzene rings is 2. The van der Waals surface area contributed by atoms with Crippen molar-refractivity contribution in [1.82, 2.24) is 10.0 Å². The fourth-order valence-electron chi connectivity index (χ4n) is 3.31. The lowest BCUT2D eigenvalue weighted by molar-refractivity contribution is -0.384. The Bertz CT molecular complexity index is 1240. The molecule has 2 N–H and O–H groups in total. The number of sulfonamides is 1. The predicted octanol–water partition coefficient (Wildman–Crippen LogP) is 2.33. The van der Waals surface area contributed by atoms with Crippen LogP contribution in [0.5, 0.6) is 0 Å². The number of esters is 1. The average molecular weight is 515 g/mol. The number of nitro groups is 1. The van der Waals surface area contributed by atoms with Gasteiger partial charge < -0.3 is 10.1 Å². The molecular weight excluding hydrogens is 495 g/mol. The van der Waals surface area contributed by atoms with Crippen LogP contribution in [-0.2, 0) is 36.9 Å². The number of hydrogen-bond acceptors (Lipinski definition) is 7. The van der Waals surface area contributed by atoms with Crippen LogP contribution in [0.1, 0.15) is 24.0 Å². The second-order valence-electron chi connectivity index (χ2n) is 7.89. The Morgan fingerprint density at radius 3 is 2.31 bits per heavy atom. The standard InChI is InChI=1S/C21H20F3N3O7S/c1-34-18(28)17(12-13-3-2-4-14(11-13)21(22,23)24)25-19(29)20(9-10-20)26-35(32,33)16-7-5-15(6-8-16)27(30)31/h2-8,11,17,26H,9-10,12H2,1H3,(H,25,29)/t17-/m0/s1. The minimum absolute atomic E-state index is 0.0997. The molecule has 0 spiro atoms. The Morgan fingerprint density at radius 1 is 1.17 bits per heavy atom. The maximum atomic E-state index is 13.0. The van der Waals surface area contributed by atoms with Crippen molar-refractivity contribution in [2.45, 2.75) is 41.9 Å². The van der Waals surface area contributed by atoms with Crippen molar-refractivity contribution in [3.05, 3.63) is 69.8 Å². The van der Waals surface area contributed by atoms with Gasteiger partial charge in [-0.1, -0.05) is 18.2 Å². The maximum Gasteiger partial charge on any atom is 0.416 e. The molecule has 1 aliphatic carbocycles. The summed E-state index contributed by atoms with van der Waals surface area (Å²) in [5, 5.41) is 13.1. The second-order valence-corrected chi connectivity index (χ2v) is 9.57. The van der Waals surface area contributed by atoms with Crippen molar-refractivity contribution in [2.24, 2.45) is 0 Å². The summed E-state index contributed by atoms with van der Waals surface area (Å²) in [6, 6.07) is 6.85. The van der Waals surface area contributed by atoms with E-state index >= 15 is 0 Å². The number of rotatable bonds is 9. The fraction of sp³-hybridized carbons (Fsp3) is 0.333. The van der Waals surface area contributed by atoms with Gasteiger partial charge in [0.25, 0.3) is 5.69 Å². The molecule has 0 bridgehead atoms. The van der Waals surface area contributed by atoms with Gasteiger partial charge in [-0.2, -0.15) is 17.9 Å². The third-order valence-electron chi connectivity index (χ3n) is 5.36. The average Bonchev–Trinajstić information content (AvgIpc) is 3.57. The molecule has 188 valence electrons. The lowest BCUT2D eigenvalue weighted by atomic mass is 10.0. The monoisotopic (exact) mass is 515 g/mol. The van der Waals surface area contributed by atoms with Gasteiger partial charge in [-0.15, -0.1) is 0 Å². The van der Waals surface area contributed by atoms with Gasteiger partial charge >= 0.3 is 12.1 Å². The summed E-state index contributed by atoms with van der Waals surface area (Å²) in [5.41, 5.74) is -2.73. The highest BCUT2D eigenvalue weighted by Crippen LogP contribution is 2.37. The first kappa shape index (κ1) is 26.1. The molecule has 1 fully saturated rings.